The number of nitrogens with two attached hydrogens (primary N) is 1. The highest BCUT2D eigenvalue weighted by molar-refractivity contribution is 5.41. The molecular formula is C11H13F2NO. The molecule has 0 fully saturated rings. The summed E-state index contributed by atoms with van der Waals surface area (Å²) < 4.78 is 32.4. The quantitative estimate of drug-likeness (QED) is 0.816. The standard InChI is InChI=1S/C11H13F2NO/c1-7(14)11(12,13)9-2-3-10-8(6-9)4-5-15-10/h2-3,6-7H,4-5,14H2,1H3. The molecule has 0 radical (unpaired) electrons. The fourth-order valence-electron chi connectivity index (χ4n) is 1.66. The van der Waals surface area contributed by atoms with E-state index in [-0.39, 0.29) is 5.56 Å². The number of fused-ring (bicyclic) bond motifs is 1. The van der Waals surface area contributed by atoms with Crippen molar-refractivity contribution in [1.29, 1.82) is 0 Å². The van der Waals surface area contributed by atoms with Crippen molar-refractivity contribution in [3.8, 4) is 5.75 Å². The van der Waals surface area contributed by atoms with E-state index in [0.717, 1.165) is 5.56 Å². The maximum atomic E-state index is 13.6. The summed E-state index contributed by atoms with van der Waals surface area (Å²) in [6.07, 6.45) is 0.693. The van der Waals surface area contributed by atoms with Crippen LogP contribution in [0.25, 0.3) is 0 Å². The number of halogens is 2. The van der Waals surface area contributed by atoms with Crippen molar-refractivity contribution in [3.63, 3.8) is 0 Å². The Hall–Kier alpha value is -1.16. The van der Waals surface area contributed by atoms with Gasteiger partial charge in [0, 0.05) is 12.0 Å². The number of hydrogen-bond acceptors (Lipinski definition) is 2. The van der Waals surface area contributed by atoms with E-state index < -0.39 is 12.0 Å². The molecule has 1 aromatic rings. The third-order valence-electron chi connectivity index (χ3n) is 2.65. The summed E-state index contributed by atoms with van der Waals surface area (Å²) in [6.45, 7) is 1.88. The van der Waals surface area contributed by atoms with Crippen LogP contribution in [-0.2, 0) is 12.3 Å². The smallest absolute Gasteiger partial charge is 0.287 e. The van der Waals surface area contributed by atoms with Gasteiger partial charge in [-0.3, -0.25) is 0 Å². The first-order valence-corrected chi connectivity index (χ1v) is 4.91. The second-order valence-corrected chi connectivity index (χ2v) is 3.83. The zero-order valence-corrected chi connectivity index (χ0v) is 8.47. The van der Waals surface area contributed by atoms with Gasteiger partial charge in [0.25, 0.3) is 5.92 Å². The lowest BCUT2D eigenvalue weighted by atomic mass is 10.00. The SMILES string of the molecule is CC(N)C(F)(F)c1ccc2c(c1)CCO2. The lowest BCUT2D eigenvalue weighted by molar-refractivity contribution is -0.0257. The van der Waals surface area contributed by atoms with Gasteiger partial charge in [0.1, 0.15) is 5.75 Å². The summed E-state index contributed by atoms with van der Waals surface area (Å²) in [5, 5.41) is 0. The lowest BCUT2D eigenvalue weighted by Gasteiger charge is -2.21. The third kappa shape index (κ3) is 1.69. The topological polar surface area (TPSA) is 35.2 Å². The van der Waals surface area contributed by atoms with Crippen LogP contribution in [0.1, 0.15) is 18.1 Å². The molecule has 0 bridgehead atoms. The number of hydrogen-bond donors (Lipinski definition) is 1. The minimum atomic E-state index is -2.97. The second kappa shape index (κ2) is 3.45. The van der Waals surface area contributed by atoms with Crippen molar-refractivity contribution in [2.45, 2.75) is 25.3 Å². The first-order chi connectivity index (χ1) is 7.01. The van der Waals surface area contributed by atoms with Crippen LogP contribution in [0.15, 0.2) is 18.2 Å². The molecule has 0 aromatic heterocycles. The van der Waals surface area contributed by atoms with Gasteiger partial charge in [0.2, 0.25) is 0 Å². The van der Waals surface area contributed by atoms with Gasteiger partial charge in [0.05, 0.1) is 12.6 Å². The minimum Gasteiger partial charge on any atom is -0.493 e. The van der Waals surface area contributed by atoms with Crippen LogP contribution in [0.2, 0.25) is 0 Å². The summed E-state index contributed by atoms with van der Waals surface area (Å²) in [7, 11) is 0. The Bertz CT molecular complexity index is 377. The van der Waals surface area contributed by atoms with Gasteiger partial charge in [-0.25, -0.2) is 0 Å². The van der Waals surface area contributed by atoms with E-state index in [2.05, 4.69) is 0 Å². The van der Waals surface area contributed by atoms with Crippen LogP contribution in [-0.4, -0.2) is 12.6 Å². The fraction of sp³-hybridized carbons (Fsp3) is 0.455. The van der Waals surface area contributed by atoms with E-state index in [1.165, 1.54) is 19.1 Å². The van der Waals surface area contributed by atoms with Gasteiger partial charge in [-0.15, -0.1) is 0 Å². The van der Waals surface area contributed by atoms with Gasteiger partial charge < -0.3 is 10.5 Å². The summed E-state index contributed by atoms with van der Waals surface area (Å²) in [6, 6.07) is 3.28. The van der Waals surface area contributed by atoms with Gasteiger partial charge in [-0.1, -0.05) is 0 Å². The molecule has 1 heterocycles. The van der Waals surface area contributed by atoms with E-state index in [4.69, 9.17) is 10.5 Å². The number of alkyl halides is 2. The molecule has 0 spiro atoms. The van der Waals surface area contributed by atoms with Crippen LogP contribution >= 0.6 is 0 Å². The molecule has 0 saturated carbocycles. The van der Waals surface area contributed by atoms with Crippen LogP contribution in [0.4, 0.5) is 8.78 Å². The predicted molar refractivity (Wildman–Crippen MR) is 53.2 cm³/mol. The molecule has 1 atom stereocenters. The van der Waals surface area contributed by atoms with Crippen LogP contribution in [0.3, 0.4) is 0 Å². The molecular weight excluding hydrogens is 200 g/mol. The van der Waals surface area contributed by atoms with E-state index in [9.17, 15) is 8.78 Å². The van der Waals surface area contributed by atoms with Crippen molar-refractivity contribution in [3.05, 3.63) is 29.3 Å². The van der Waals surface area contributed by atoms with Crippen molar-refractivity contribution in [1.82, 2.24) is 0 Å². The van der Waals surface area contributed by atoms with Gasteiger partial charge in [0.15, 0.2) is 0 Å². The Balaban J connectivity index is 2.38. The summed E-state index contributed by atoms with van der Waals surface area (Å²) in [5.41, 5.74) is 6.08. The molecule has 82 valence electrons. The zero-order valence-electron chi connectivity index (χ0n) is 8.47. The van der Waals surface area contributed by atoms with E-state index in [1.54, 1.807) is 6.07 Å². The molecule has 1 aromatic carbocycles. The summed E-state index contributed by atoms with van der Waals surface area (Å²) >= 11 is 0. The molecule has 2 N–H and O–H groups in total. The first-order valence-electron chi connectivity index (χ1n) is 4.91. The Morgan fingerprint density at radius 3 is 2.87 bits per heavy atom. The van der Waals surface area contributed by atoms with E-state index in [0.29, 0.717) is 18.8 Å². The summed E-state index contributed by atoms with van der Waals surface area (Å²) in [5.74, 6) is -2.27. The highest BCUT2D eigenvalue weighted by Crippen LogP contribution is 2.35. The predicted octanol–water partition coefficient (Wildman–Crippen LogP) is 2.06. The van der Waals surface area contributed by atoms with Crippen molar-refractivity contribution in [2.24, 2.45) is 5.73 Å². The van der Waals surface area contributed by atoms with Gasteiger partial charge in [-0.05, 0) is 30.7 Å². The molecule has 0 amide bonds. The average Bonchev–Trinajstić information content (AvgIpc) is 2.63. The third-order valence-corrected chi connectivity index (χ3v) is 2.65. The Kier molecular flexibility index (Phi) is 2.38. The zero-order chi connectivity index (χ0) is 11.1. The second-order valence-electron chi connectivity index (χ2n) is 3.83. The molecule has 2 nitrogen and oxygen atoms in total. The average molecular weight is 213 g/mol. The molecule has 4 heteroatoms. The van der Waals surface area contributed by atoms with Crippen LogP contribution < -0.4 is 10.5 Å². The maximum absolute atomic E-state index is 13.6. The van der Waals surface area contributed by atoms with Crippen molar-refractivity contribution < 1.29 is 13.5 Å². The highest BCUT2D eigenvalue weighted by atomic mass is 19.3. The largest absolute Gasteiger partial charge is 0.493 e. The molecule has 1 aliphatic heterocycles. The summed E-state index contributed by atoms with van der Waals surface area (Å²) in [4.78, 5) is 0. The highest BCUT2D eigenvalue weighted by Gasteiger charge is 2.36. The van der Waals surface area contributed by atoms with E-state index >= 15 is 0 Å². The maximum Gasteiger partial charge on any atom is 0.287 e. The van der Waals surface area contributed by atoms with Crippen molar-refractivity contribution >= 4 is 0 Å². The first kappa shape index (κ1) is 10.4. The number of ether oxygens (including phenoxy) is 1. The molecule has 1 aliphatic rings. The Morgan fingerprint density at radius 2 is 2.20 bits per heavy atom. The minimum absolute atomic E-state index is 0.0262. The monoisotopic (exact) mass is 213 g/mol. The normalized spacial score (nSPS) is 17.1. The molecule has 0 saturated heterocycles. The molecule has 1 unspecified atom stereocenters. The van der Waals surface area contributed by atoms with Gasteiger partial charge >= 0.3 is 0 Å². The number of benzene rings is 1. The molecule has 2 rings (SSSR count). The molecule has 0 aliphatic carbocycles. The Labute approximate surface area is 87.0 Å². The van der Waals surface area contributed by atoms with Crippen LogP contribution in [0.5, 0.6) is 5.75 Å². The Morgan fingerprint density at radius 1 is 1.47 bits per heavy atom. The van der Waals surface area contributed by atoms with Crippen LogP contribution in [0, 0.1) is 0 Å². The number of rotatable bonds is 2. The van der Waals surface area contributed by atoms with Crippen molar-refractivity contribution in [2.75, 3.05) is 6.61 Å². The fourth-order valence-corrected chi connectivity index (χ4v) is 1.66. The van der Waals surface area contributed by atoms with Gasteiger partial charge in [-0.2, -0.15) is 8.78 Å². The lowest BCUT2D eigenvalue weighted by Crippen LogP contribution is -2.35. The molecule has 15 heavy (non-hydrogen) atoms. The van der Waals surface area contributed by atoms with E-state index in [1.807, 2.05) is 0 Å².